The number of carbonyl (C=O) groups excluding carboxylic acids is 1. The van der Waals surface area contributed by atoms with Gasteiger partial charge in [0, 0.05) is 45.6 Å². The van der Waals surface area contributed by atoms with Gasteiger partial charge in [0.25, 0.3) is 5.91 Å². The highest BCUT2D eigenvalue weighted by Gasteiger charge is 2.24. The summed E-state index contributed by atoms with van der Waals surface area (Å²) in [4.78, 5) is 22.0. The van der Waals surface area contributed by atoms with Crippen LogP contribution in [0.25, 0.3) is 0 Å². The molecule has 1 N–H and O–H groups in total. The Morgan fingerprint density at radius 3 is 2.67 bits per heavy atom. The van der Waals surface area contributed by atoms with Crippen molar-refractivity contribution in [1.29, 1.82) is 0 Å². The van der Waals surface area contributed by atoms with Gasteiger partial charge in [0.05, 0.1) is 5.69 Å². The Balaban J connectivity index is 1.46. The summed E-state index contributed by atoms with van der Waals surface area (Å²) in [6.07, 6.45) is 3.38. The number of hydrogen-bond acceptors (Lipinski definition) is 4. The molecule has 3 aromatic rings. The Morgan fingerprint density at radius 1 is 1.03 bits per heavy atom. The van der Waals surface area contributed by atoms with Gasteiger partial charge in [0.1, 0.15) is 11.7 Å². The first kappa shape index (κ1) is 22.0. The van der Waals surface area contributed by atoms with Crippen LogP contribution >= 0.6 is 23.4 Å². The van der Waals surface area contributed by atoms with Crippen LogP contribution < -0.4 is 5.32 Å². The van der Waals surface area contributed by atoms with Crippen molar-refractivity contribution in [3.63, 3.8) is 0 Å². The fourth-order valence-corrected chi connectivity index (χ4v) is 5.36. The van der Waals surface area contributed by atoms with Gasteiger partial charge in [-0.15, -0.1) is 0 Å². The quantitative estimate of drug-likeness (QED) is 0.470. The average molecular weight is 480 g/mol. The predicted molar refractivity (Wildman–Crippen MR) is 131 cm³/mol. The Morgan fingerprint density at radius 2 is 1.85 bits per heavy atom. The van der Waals surface area contributed by atoms with Crippen molar-refractivity contribution in [2.45, 2.75) is 35.6 Å². The number of piperidine rings is 1. The summed E-state index contributed by atoms with van der Waals surface area (Å²) in [5, 5.41) is 3.59. The van der Waals surface area contributed by atoms with E-state index in [1.54, 1.807) is 23.9 Å². The number of nitrogens with one attached hydrogen (secondary N) is 1. The van der Waals surface area contributed by atoms with Crippen molar-refractivity contribution < 1.29 is 9.18 Å². The summed E-state index contributed by atoms with van der Waals surface area (Å²) in [5.41, 5.74) is 3.01. The molecule has 0 atom stereocenters. The molecule has 4 nitrogen and oxygen atoms in total. The van der Waals surface area contributed by atoms with Crippen LogP contribution in [0.3, 0.4) is 0 Å². The normalized spacial score (nSPS) is 15.2. The SMILES string of the molecule is O=C(NCc1cccc(Cl)c1)c1ccc2c(c1)N=C(N1CCCCC1)c1cc(F)ccc1S2. The summed E-state index contributed by atoms with van der Waals surface area (Å²) in [5.74, 6) is 0.336. The zero-order chi connectivity index (χ0) is 22.8. The topological polar surface area (TPSA) is 44.7 Å². The summed E-state index contributed by atoms with van der Waals surface area (Å²) in [6, 6.07) is 17.8. The minimum absolute atomic E-state index is 0.176. The molecule has 1 saturated heterocycles. The number of nitrogens with zero attached hydrogens (tertiary/aromatic N) is 2. The average Bonchev–Trinajstić information content (AvgIpc) is 2.99. The van der Waals surface area contributed by atoms with Crippen LogP contribution in [-0.2, 0) is 6.54 Å². The molecule has 1 fully saturated rings. The monoisotopic (exact) mass is 479 g/mol. The first-order valence-electron chi connectivity index (χ1n) is 11.0. The summed E-state index contributed by atoms with van der Waals surface area (Å²) in [6.45, 7) is 2.18. The standard InChI is InChI=1S/C26H23ClFN3OS/c27-19-6-4-5-17(13-19)16-29-26(32)18-7-9-24-22(14-18)30-25(31-11-2-1-3-12-31)21-15-20(28)8-10-23(21)33-24/h4-10,13-15H,1-3,11-12,16H2,(H,29,32). The van der Waals surface area contributed by atoms with E-state index in [-0.39, 0.29) is 11.7 Å². The summed E-state index contributed by atoms with van der Waals surface area (Å²) < 4.78 is 14.2. The molecule has 2 aliphatic rings. The first-order chi connectivity index (χ1) is 16.1. The van der Waals surface area contributed by atoms with E-state index in [0.29, 0.717) is 17.1 Å². The van der Waals surface area contributed by atoms with Crippen molar-refractivity contribution in [1.82, 2.24) is 10.2 Å². The lowest BCUT2D eigenvalue weighted by atomic mass is 10.1. The third kappa shape index (κ3) is 4.92. The number of amidine groups is 1. The maximum atomic E-state index is 14.2. The van der Waals surface area contributed by atoms with Gasteiger partial charge < -0.3 is 10.2 Å². The van der Waals surface area contributed by atoms with Crippen molar-refractivity contribution in [3.8, 4) is 0 Å². The van der Waals surface area contributed by atoms with Crippen LogP contribution in [0.4, 0.5) is 10.1 Å². The molecule has 7 heteroatoms. The molecule has 0 saturated carbocycles. The van der Waals surface area contributed by atoms with Gasteiger partial charge in [0.2, 0.25) is 0 Å². The van der Waals surface area contributed by atoms with Crippen molar-refractivity contribution in [2.24, 2.45) is 4.99 Å². The largest absolute Gasteiger partial charge is 0.356 e. The molecule has 0 spiro atoms. The zero-order valence-electron chi connectivity index (χ0n) is 18.0. The lowest BCUT2D eigenvalue weighted by Crippen LogP contribution is -2.36. The number of aliphatic imine (C=N–C) groups is 1. The maximum absolute atomic E-state index is 14.2. The van der Waals surface area contributed by atoms with E-state index < -0.39 is 0 Å². The van der Waals surface area contributed by atoms with E-state index in [0.717, 1.165) is 58.4 Å². The Kier molecular flexibility index (Phi) is 6.38. The minimum Gasteiger partial charge on any atom is -0.356 e. The van der Waals surface area contributed by atoms with Crippen LogP contribution in [0.2, 0.25) is 5.02 Å². The second-order valence-electron chi connectivity index (χ2n) is 8.22. The van der Waals surface area contributed by atoms with Crippen molar-refractivity contribution >= 4 is 40.8 Å². The fraction of sp³-hybridized carbons (Fsp3) is 0.231. The number of rotatable bonds is 3. The molecule has 3 aromatic carbocycles. The molecular weight excluding hydrogens is 457 g/mol. The summed E-state index contributed by atoms with van der Waals surface area (Å²) >= 11 is 7.60. The van der Waals surface area contributed by atoms with Gasteiger partial charge in [-0.1, -0.05) is 35.5 Å². The highest BCUT2D eigenvalue weighted by atomic mass is 35.5. The van der Waals surface area contributed by atoms with E-state index in [1.807, 2.05) is 42.5 Å². The lowest BCUT2D eigenvalue weighted by Gasteiger charge is -2.30. The molecule has 0 unspecified atom stereocenters. The summed E-state index contributed by atoms with van der Waals surface area (Å²) in [7, 11) is 0. The second kappa shape index (κ2) is 9.57. The van der Waals surface area contributed by atoms with E-state index >= 15 is 0 Å². The Hall–Kier alpha value is -2.83. The molecule has 5 rings (SSSR count). The minimum atomic E-state index is -0.272. The van der Waals surface area contributed by atoms with Crippen LogP contribution in [0, 0.1) is 5.82 Å². The molecule has 2 aliphatic heterocycles. The van der Waals surface area contributed by atoms with E-state index in [1.165, 1.54) is 12.5 Å². The number of amides is 1. The Labute approximate surface area is 201 Å². The van der Waals surface area contributed by atoms with Crippen LogP contribution in [0.5, 0.6) is 0 Å². The van der Waals surface area contributed by atoms with Gasteiger partial charge in [-0.3, -0.25) is 4.79 Å². The number of halogens is 2. The lowest BCUT2D eigenvalue weighted by molar-refractivity contribution is 0.0951. The van der Waals surface area contributed by atoms with Gasteiger partial charge in [-0.25, -0.2) is 9.38 Å². The van der Waals surface area contributed by atoms with Crippen molar-refractivity contribution in [3.05, 3.63) is 88.2 Å². The zero-order valence-corrected chi connectivity index (χ0v) is 19.6. The third-order valence-electron chi connectivity index (χ3n) is 5.85. The molecule has 0 aromatic heterocycles. The molecule has 168 valence electrons. The second-order valence-corrected chi connectivity index (χ2v) is 9.74. The van der Waals surface area contributed by atoms with Gasteiger partial charge in [-0.2, -0.15) is 0 Å². The molecule has 0 aliphatic carbocycles. The first-order valence-corrected chi connectivity index (χ1v) is 12.2. The molecule has 0 radical (unpaired) electrons. The van der Waals surface area contributed by atoms with E-state index in [9.17, 15) is 9.18 Å². The van der Waals surface area contributed by atoms with E-state index in [2.05, 4.69) is 10.2 Å². The van der Waals surface area contributed by atoms with Gasteiger partial charge >= 0.3 is 0 Å². The van der Waals surface area contributed by atoms with Gasteiger partial charge in [-0.05, 0) is 73.4 Å². The highest BCUT2D eigenvalue weighted by molar-refractivity contribution is 7.99. The highest BCUT2D eigenvalue weighted by Crippen LogP contribution is 2.41. The van der Waals surface area contributed by atoms with E-state index in [4.69, 9.17) is 16.6 Å². The Bertz CT molecular complexity index is 1240. The van der Waals surface area contributed by atoms with Crippen LogP contribution in [-0.4, -0.2) is 29.7 Å². The molecule has 2 heterocycles. The molecular formula is C26H23ClFN3OS. The smallest absolute Gasteiger partial charge is 0.251 e. The number of hydrogen-bond donors (Lipinski definition) is 1. The van der Waals surface area contributed by atoms with Crippen LogP contribution in [0.1, 0.15) is 40.7 Å². The fourth-order valence-electron chi connectivity index (χ4n) is 4.17. The number of fused-ring (bicyclic) bond motifs is 2. The molecule has 33 heavy (non-hydrogen) atoms. The predicted octanol–water partition coefficient (Wildman–Crippen LogP) is 6.44. The van der Waals surface area contributed by atoms with Crippen molar-refractivity contribution in [2.75, 3.05) is 13.1 Å². The number of benzene rings is 3. The molecule has 1 amide bonds. The maximum Gasteiger partial charge on any atom is 0.251 e. The molecule has 0 bridgehead atoms. The number of likely N-dealkylation sites (tertiary alicyclic amines) is 1. The third-order valence-corrected chi connectivity index (χ3v) is 7.22. The van der Waals surface area contributed by atoms with Gasteiger partial charge in [0.15, 0.2) is 0 Å². The van der Waals surface area contributed by atoms with Crippen LogP contribution in [0.15, 0.2) is 75.4 Å². The number of carbonyl (C=O) groups is 1.